The Morgan fingerprint density at radius 3 is 2.67 bits per heavy atom. The van der Waals surface area contributed by atoms with Crippen LogP contribution in [0.2, 0.25) is 0 Å². The van der Waals surface area contributed by atoms with Gasteiger partial charge in [-0.25, -0.2) is 4.98 Å². The molecule has 1 fully saturated rings. The Morgan fingerprint density at radius 1 is 1.00 bits per heavy atom. The van der Waals surface area contributed by atoms with Crippen molar-refractivity contribution in [2.45, 2.75) is 13.5 Å². The lowest BCUT2D eigenvalue weighted by Gasteiger charge is -2.31. The molecule has 1 aliphatic heterocycles. The minimum Gasteiger partial charge on any atom is -0.441 e. The lowest BCUT2D eigenvalue weighted by atomic mass is 10.1. The maximum Gasteiger partial charge on any atom is 0.192 e. The number of rotatable bonds is 3. The van der Waals surface area contributed by atoms with E-state index in [0.717, 1.165) is 66.4 Å². The molecule has 27 heavy (non-hydrogen) atoms. The third-order valence-electron chi connectivity index (χ3n) is 5.26. The van der Waals surface area contributed by atoms with Crippen LogP contribution < -0.4 is 0 Å². The van der Waals surface area contributed by atoms with Gasteiger partial charge in [0.15, 0.2) is 22.9 Å². The molecule has 0 amide bonds. The van der Waals surface area contributed by atoms with E-state index in [9.17, 15) is 0 Å². The Hall–Kier alpha value is -2.77. The molecular formula is C20H22N6O. The molecule has 4 aromatic rings. The monoisotopic (exact) mass is 362 g/mol. The van der Waals surface area contributed by atoms with E-state index in [1.54, 1.807) is 0 Å². The molecule has 7 heteroatoms. The Labute approximate surface area is 157 Å². The highest BCUT2D eigenvalue weighted by Crippen LogP contribution is 2.25. The van der Waals surface area contributed by atoms with Gasteiger partial charge >= 0.3 is 0 Å². The fourth-order valence-electron chi connectivity index (χ4n) is 3.64. The van der Waals surface area contributed by atoms with Gasteiger partial charge in [0.25, 0.3) is 0 Å². The summed E-state index contributed by atoms with van der Waals surface area (Å²) >= 11 is 0. The molecule has 1 aromatic carbocycles. The van der Waals surface area contributed by atoms with Gasteiger partial charge in [0.2, 0.25) is 0 Å². The number of hydrogen-bond acceptors (Lipinski definition) is 6. The molecular weight excluding hydrogens is 340 g/mol. The highest BCUT2D eigenvalue weighted by atomic mass is 16.3. The molecule has 5 rings (SSSR count). The van der Waals surface area contributed by atoms with Crippen LogP contribution in [-0.4, -0.2) is 62.6 Å². The second kappa shape index (κ2) is 6.44. The van der Waals surface area contributed by atoms with Crippen LogP contribution in [0.3, 0.4) is 0 Å². The fourth-order valence-corrected chi connectivity index (χ4v) is 3.64. The third kappa shape index (κ3) is 3.09. The van der Waals surface area contributed by atoms with E-state index in [0.29, 0.717) is 5.89 Å². The molecule has 0 atom stereocenters. The normalized spacial score (nSPS) is 16.5. The molecule has 0 spiro atoms. The predicted octanol–water partition coefficient (Wildman–Crippen LogP) is 2.59. The minimum atomic E-state index is 0.686. The summed E-state index contributed by atoms with van der Waals surface area (Å²) in [6.45, 7) is 7.00. The van der Waals surface area contributed by atoms with Crippen LogP contribution in [0, 0.1) is 6.92 Å². The first kappa shape index (κ1) is 16.4. The van der Waals surface area contributed by atoms with Crippen molar-refractivity contribution in [3.63, 3.8) is 0 Å². The van der Waals surface area contributed by atoms with Crippen LogP contribution in [0.25, 0.3) is 27.9 Å². The molecule has 0 N–H and O–H groups in total. The molecule has 138 valence electrons. The Morgan fingerprint density at radius 2 is 1.81 bits per heavy atom. The third-order valence-corrected chi connectivity index (χ3v) is 5.26. The van der Waals surface area contributed by atoms with Crippen molar-refractivity contribution in [2.24, 2.45) is 0 Å². The van der Waals surface area contributed by atoms with Crippen molar-refractivity contribution in [1.29, 1.82) is 0 Å². The fraction of sp³-hybridized carbons (Fsp3) is 0.350. The summed E-state index contributed by atoms with van der Waals surface area (Å²) in [6, 6.07) is 10.2. The molecule has 0 aliphatic carbocycles. The van der Waals surface area contributed by atoms with E-state index in [1.807, 2.05) is 25.1 Å². The van der Waals surface area contributed by atoms with Crippen LogP contribution in [0.4, 0.5) is 0 Å². The van der Waals surface area contributed by atoms with Crippen LogP contribution in [0.5, 0.6) is 0 Å². The summed E-state index contributed by atoms with van der Waals surface area (Å²) in [5.74, 6) is 1.67. The van der Waals surface area contributed by atoms with E-state index < -0.39 is 0 Å². The van der Waals surface area contributed by atoms with E-state index in [-0.39, 0.29) is 0 Å². The average Bonchev–Trinajstić information content (AvgIpc) is 3.25. The maximum atomic E-state index is 5.68. The Bertz CT molecular complexity index is 1110. The van der Waals surface area contributed by atoms with Gasteiger partial charge in [-0.3, -0.25) is 9.30 Å². The number of pyridine rings is 1. The van der Waals surface area contributed by atoms with Crippen molar-refractivity contribution in [3.05, 3.63) is 48.2 Å². The quantitative estimate of drug-likeness (QED) is 0.558. The second-order valence-corrected chi connectivity index (χ2v) is 7.26. The molecule has 3 aromatic heterocycles. The van der Waals surface area contributed by atoms with Crippen molar-refractivity contribution in [1.82, 2.24) is 29.4 Å². The number of nitrogens with zero attached hydrogens (tertiary/aromatic N) is 6. The van der Waals surface area contributed by atoms with E-state index in [4.69, 9.17) is 4.42 Å². The number of piperazine rings is 1. The zero-order valence-corrected chi connectivity index (χ0v) is 15.6. The summed E-state index contributed by atoms with van der Waals surface area (Å²) in [7, 11) is 2.17. The molecule has 0 bridgehead atoms. The predicted molar refractivity (Wildman–Crippen MR) is 104 cm³/mol. The number of fused-ring (bicyclic) bond motifs is 2. The summed E-state index contributed by atoms with van der Waals surface area (Å²) in [5, 5.41) is 8.76. The number of oxazole rings is 1. The van der Waals surface area contributed by atoms with Gasteiger partial charge in [0, 0.05) is 39.3 Å². The van der Waals surface area contributed by atoms with E-state index >= 15 is 0 Å². The van der Waals surface area contributed by atoms with Crippen molar-refractivity contribution in [3.8, 4) is 11.1 Å². The first-order valence-corrected chi connectivity index (χ1v) is 9.28. The van der Waals surface area contributed by atoms with Gasteiger partial charge in [-0.05, 0) is 42.4 Å². The summed E-state index contributed by atoms with van der Waals surface area (Å²) < 4.78 is 7.78. The molecule has 0 saturated carbocycles. The zero-order valence-electron chi connectivity index (χ0n) is 15.6. The zero-order chi connectivity index (χ0) is 18.4. The van der Waals surface area contributed by atoms with Gasteiger partial charge in [-0.1, -0.05) is 6.07 Å². The van der Waals surface area contributed by atoms with Gasteiger partial charge in [-0.2, -0.15) is 0 Å². The summed E-state index contributed by atoms with van der Waals surface area (Å²) in [5.41, 5.74) is 4.78. The molecule has 1 aliphatic rings. The molecule has 0 radical (unpaired) electrons. The summed E-state index contributed by atoms with van der Waals surface area (Å²) in [6.07, 6.45) is 2.12. The summed E-state index contributed by atoms with van der Waals surface area (Å²) in [4.78, 5) is 9.17. The molecule has 7 nitrogen and oxygen atoms in total. The lowest BCUT2D eigenvalue weighted by molar-refractivity contribution is 0.145. The minimum absolute atomic E-state index is 0.686. The SMILES string of the molecule is Cc1nc2ccc(-c3ccc4nnc(CN5CCN(C)CC5)n4c3)cc2o1. The number of aromatic nitrogens is 4. The second-order valence-electron chi connectivity index (χ2n) is 7.26. The maximum absolute atomic E-state index is 5.68. The topological polar surface area (TPSA) is 62.7 Å². The van der Waals surface area contributed by atoms with Crippen molar-refractivity contribution >= 4 is 16.7 Å². The number of likely N-dealkylation sites (N-methyl/N-ethyl adjacent to an activating group) is 1. The Kier molecular flexibility index (Phi) is 3.91. The number of aryl methyl sites for hydroxylation is 1. The lowest BCUT2D eigenvalue weighted by Crippen LogP contribution is -2.44. The van der Waals surface area contributed by atoms with Gasteiger partial charge < -0.3 is 9.32 Å². The van der Waals surface area contributed by atoms with Gasteiger partial charge in [-0.15, -0.1) is 10.2 Å². The first-order chi connectivity index (χ1) is 13.2. The van der Waals surface area contributed by atoms with E-state index in [2.05, 4.69) is 54.8 Å². The number of benzene rings is 1. The van der Waals surface area contributed by atoms with E-state index in [1.165, 1.54) is 0 Å². The van der Waals surface area contributed by atoms with Crippen LogP contribution >= 0.6 is 0 Å². The van der Waals surface area contributed by atoms with Crippen molar-refractivity contribution < 1.29 is 4.42 Å². The van der Waals surface area contributed by atoms with Gasteiger partial charge in [0.05, 0.1) is 6.54 Å². The smallest absolute Gasteiger partial charge is 0.192 e. The van der Waals surface area contributed by atoms with Crippen LogP contribution in [0.15, 0.2) is 40.9 Å². The molecule has 4 heterocycles. The molecule has 0 unspecified atom stereocenters. The largest absolute Gasteiger partial charge is 0.441 e. The molecule has 1 saturated heterocycles. The van der Waals surface area contributed by atoms with Crippen LogP contribution in [0.1, 0.15) is 11.7 Å². The highest BCUT2D eigenvalue weighted by molar-refractivity contribution is 5.80. The van der Waals surface area contributed by atoms with Crippen molar-refractivity contribution in [2.75, 3.05) is 33.2 Å². The number of hydrogen-bond donors (Lipinski definition) is 0. The van der Waals surface area contributed by atoms with Gasteiger partial charge in [0.1, 0.15) is 5.52 Å². The van der Waals surface area contributed by atoms with Crippen LogP contribution in [-0.2, 0) is 6.54 Å². The average molecular weight is 362 g/mol. The standard InChI is InChI=1S/C20H22N6O/c1-14-21-17-5-3-15(11-18(17)27-14)16-4-6-19-22-23-20(26(19)12-16)13-25-9-7-24(2)8-10-25/h3-6,11-12H,7-10,13H2,1-2H3. The highest BCUT2D eigenvalue weighted by Gasteiger charge is 2.17. The Balaban J connectivity index is 1.48. The first-order valence-electron chi connectivity index (χ1n) is 9.28.